The summed E-state index contributed by atoms with van der Waals surface area (Å²) in [6.45, 7) is 13.5. The predicted molar refractivity (Wildman–Crippen MR) is 218 cm³/mol. The molecule has 2 N–H and O–H groups in total. The van der Waals surface area contributed by atoms with Gasteiger partial charge in [-0.15, -0.1) is 0 Å². The highest BCUT2D eigenvalue weighted by atomic mass is 31.2. The van der Waals surface area contributed by atoms with Crippen LogP contribution in [0.15, 0.2) is 0 Å². The van der Waals surface area contributed by atoms with Gasteiger partial charge in [0.2, 0.25) is 0 Å². The van der Waals surface area contributed by atoms with Crippen LogP contribution < -0.4 is 15.9 Å². The van der Waals surface area contributed by atoms with E-state index in [2.05, 4.69) is 41.5 Å². The lowest BCUT2D eigenvalue weighted by Crippen LogP contribution is -2.48. The molecule has 1 aliphatic rings. The van der Waals surface area contributed by atoms with Crippen molar-refractivity contribution in [1.29, 1.82) is 0 Å². The van der Waals surface area contributed by atoms with Crippen LogP contribution in [-0.4, -0.2) is 72.4 Å². The zero-order valence-electron chi connectivity index (χ0n) is 33.0. The first-order valence-corrected chi connectivity index (χ1v) is 26.6. The van der Waals surface area contributed by atoms with E-state index in [0.717, 1.165) is 150 Å². The number of cyclic esters (lactones) is 1. The van der Waals surface area contributed by atoms with Gasteiger partial charge in [-0.25, -0.2) is 9.59 Å². The first-order valence-electron chi connectivity index (χ1n) is 20.3. The van der Waals surface area contributed by atoms with Crippen LogP contribution in [0, 0.1) is 0 Å². The topological polar surface area (TPSA) is 110 Å². The molecule has 1 heterocycles. The van der Waals surface area contributed by atoms with Gasteiger partial charge >= 0.3 is 19.5 Å². The van der Waals surface area contributed by atoms with Gasteiger partial charge in [-0.05, 0) is 63.4 Å². The summed E-state index contributed by atoms with van der Waals surface area (Å²) in [7, 11) is -8.12. The highest BCUT2D eigenvalue weighted by Gasteiger charge is 2.57. The molecule has 0 saturated carbocycles. The molecule has 1 aliphatic heterocycles. The number of ether oxygens (including phenoxy) is 2. The Morgan fingerprint density at radius 3 is 1.48 bits per heavy atom. The van der Waals surface area contributed by atoms with Gasteiger partial charge in [0.25, 0.3) is 0 Å². The van der Waals surface area contributed by atoms with E-state index in [0.29, 0.717) is 24.0 Å². The number of fused-ring (bicyclic) bond motifs is 2. The van der Waals surface area contributed by atoms with E-state index in [1.54, 1.807) is 0 Å². The van der Waals surface area contributed by atoms with Gasteiger partial charge in [0.15, 0.2) is 10.6 Å². The maximum atomic E-state index is 14.9. The van der Waals surface area contributed by atoms with Crippen molar-refractivity contribution in [1.82, 2.24) is 0 Å². The van der Waals surface area contributed by atoms with Crippen molar-refractivity contribution in [2.75, 3.05) is 50.7 Å². The summed E-state index contributed by atoms with van der Waals surface area (Å²) in [5, 5.41) is 1.69. The Labute approximate surface area is 307 Å². The Kier molecular flexibility index (Phi) is 20.9. The summed E-state index contributed by atoms with van der Waals surface area (Å²) in [6, 6.07) is 0. The number of benzene rings is 1. The Bertz CT molecular complexity index is 1200. The maximum Gasteiger partial charge on any atom is 0.357 e. The molecule has 0 unspecified atom stereocenters. The summed E-state index contributed by atoms with van der Waals surface area (Å²) in [5.74, 6) is -1.09. The number of unbranched alkanes of at least 4 members (excludes halogenated alkanes) is 6. The summed E-state index contributed by atoms with van der Waals surface area (Å²) < 4.78 is 25.8. The zero-order chi connectivity index (χ0) is 37.2. The second-order valence-corrected chi connectivity index (χ2v) is 24.4. The Morgan fingerprint density at radius 2 is 1.08 bits per heavy atom. The van der Waals surface area contributed by atoms with E-state index in [1.807, 2.05) is 0 Å². The van der Waals surface area contributed by atoms with Gasteiger partial charge < -0.3 is 19.3 Å². The summed E-state index contributed by atoms with van der Waals surface area (Å²) in [5.41, 5.74) is 0.937. The van der Waals surface area contributed by atoms with Crippen molar-refractivity contribution in [2.24, 2.45) is 0 Å². The van der Waals surface area contributed by atoms with Crippen molar-refractivity contribution >= 4 is 50.0 Å². The van der Waals surface area contributed by atoms with E-state index < -0.39 is 34.1 Å². The molecule has 1 aromatic carbocycles. The van der Waals surface area contributed by atoms with Gasteiger partial charge in [0.1, 0.15) is 11.1 Å². The molecule has 2 rings (SSSR count). The molecular weight excluding hydrogens is 685 g/mol. The number of hydrogen-bond acceptors (Lipinski definition) is 5. The molecule has 0 amide bonds. The number of esters is 2. The van der Waals surface area contributed by atoms with Crippen molar-refractivity contribution in [3.8, 4) is 0 Å². The van der Waals surface area contributed by atoms with Crippen molar-refractivity contribution < 1.29 is 33.4 Å². The van der Waals surface area contributed by atoms with Crippen LogP contribution >= 0.6 is 22.1 Å². The molecule has 0 fully saturated rings. The number of hydrogen-bond donors (Lipinski definition) is 2. The average molecular weight is 759 g/mol. The molecule has 7 nitrogen and oxygen atoms in total. The minimum atomic E-state index is -5.07. The minimum Gasteiger partial charge on any atom is -0.465 e. The molecular formula is C40H73O7P3+2. The van der Waals surface area contributed by atoms with Crippen LogP contribution in [0.5, 0.6) is 0 Å². The summed E-state index contributed by atoms with van der Waals surface area (Å²) >= 11 is 0. The molecule has 288 valence electrons. The van der Waals surface area contributed by atoms with Crippen LogP contribution in [0.1, 0.15) is 177 Å². The molecule has 0 aromatic heterocycles. The van der Waals surface area contributed by atoms with Gasteiger partial charge in [-0.3, -0.25) is 4.57 Å². The average Bonchev–Trinajstić information content (AvgIpc) is 3.10. The van der Waals surface area contributed by atoms with E-state index in [4.69, 9.17) is 9.47 Å². The van der Waals surface area contributed by atoms with Crippen LogP contribution in [0.4, 0.5) is 0 Å². The Balaban J connectivity index is 3.61. The second-order valence-electron chi connectivity index (χ2n) is 14.7. The van der Waals surface area contributed by atoms with Crippen LogP contribution in [0.25, 0.3) is 0 Å². The molecule has 0 radical (unpaired) electrons. The van der Waals surface area contributed by atoms with Gasteiger partial charge in [0, 0.05) is 0 Å². The van der Waals surface area contributed by atoms with Crippen molar-refractivity contribution in [2.45, 2.75) is 157 Å². The smallest absolute Gasteiger partial charge is 0.357 e. The molecule has 0 saturated heterocycles. The predicted octanol–water partition coefficient (Wildman–Crippen LogP) is 10.0. The Morgan fingerprint density at radius 1 is 0.680 bits per heavy atom. The molecule has 2 bridgehead atoms. The van der Waals surface area contributed by atoms with Gasteiger partial charge in [-0.1, -0.05) is 99.3 Å². The van der Waals surface area contributed by atoms with Crippen LogP contribution in [0.3, 0.4) is 0 Å². The quantitative estimate of drug-likeness (QED) is 0.0895. The maximum absolute atomic E-state index is 14.9. The highest BCUT2D eigenvalue weighted by Crippen LogP contribution is 2.67. The number of carbonyl (C=O) groups is 2. The molecule has 0 spiro atoms. The van der Waals surface area contributed by atoms with Crippen LogP contribution in [-0.2, 0) is 20.5 Å². The monoisotopic (exact) mass is 758 g/mol. The standard InChI is InChI=1S/C40H71O7P3/c1-8-14-27-48(28-15-9-2,29-16-10-3)37-34(39(41)46-7)33-25-23-21-20-22-24-26-47-40(42)35(36(33)50(43,44)45)38(37)49(30-17-11-4,31-18-12-5)32-19-13-6/h8-32H2,1-7H3/p+2. The lowest BCUT2D eigenvalue weighted by Gasteiger charge is -2.38. The molecule has 10 heteroatoms. The first-order chi connectivity index (χ1) is 24.0. The lowest BCUT2D eigenvalue weighted by molar-refractivity contribution is 0.0498. The summed E-state index contributed by atoms with van der Waals surface area (Å²) in [4.78, 5) is 52.3. The second kappa shape index (κ2) is 23.1. The number of rotatable bonds is 22. The van der Waals surface area contributed by atoms with Crippen molar-refractivity contribution in [3.05, 3.63) is 16.7 Å². The summed E-state index contributed by atoms with van der Waals surface area (Å²) in [6.07, 6.45) is 22.1. The first kappa shape index (κ1) is 45.3. The van der Waals surface area contributed by atoms with E-state index >= 15 is 0 Å². The third-order valence-corrected chi connectivity index (χ3v) is 21.9. The SMILES string of the molecule is CCCC[P+](CCCC)(CCCC)c1c(C(=O)OC)c2c(P(=O)(O)O)c(c1[P+](CCCC)(CCCC)CCCC)C(=O)OCCCCCCC2. The molecule has 0 aliphatic carbocycles. The minimum absolute atomic E-state index is 0.155. The van der Waals surface area contributed by atoms with E-state index in [9.17, 15) is 23.9 Å². The lowest BCUT2D eigenvalue weighted by atomic mass is 9.97. The normalized spacial score (nSPS) is 14.9. The van der Waals surface area contributed by atoms with Crippen molar-refractivity contribution in [3.63, 3.8) is 0 Å². The fourth-order valence-electron chi connectivity index (χ4n) is 8.04. The number of carbonyl (C=O) groups excluding carboxylic acids is 2. The number of methoxy groups -OCH3 is 1. The fraction of sp³-hybridized carbons (Fsp3) is 0.800. The molecule has 1 aromatic rings. The van der Waals surface area contributed by atoms with Gasteiger partial charge in [0.05, 0.1) is 70.5 Å². The van der Waals surface area contributed by atoms with Gasteiger partial charge in [-0.2, -0.15) is 0 Å². The molecule has 50 heavy (non-hydrogen) atoms. The van der Waals surface area contributed by atoms with E-state index in [1.165, 1.54) is 7.11 Å². The third kappa shape index (κ3) is 11.8. The third-order valence-electron chi connectivity index (χ3n) is 10.8. The largest absolute Gasteiger partial charge is 0.465 e. The van der Waals surface area contributed by atoms with E-state index in [-0.39, 0.29) is 17.5 Å². The Hall–Kier alpha value is -0.830. The van der Waals surface area contributed by atoms with Crippen LogP contribution in [0.2, 0.25) is 0 Å². The highest BCUT2D eigenvalue weighted by molar-refractivity contribution is 7.89. The fourth-order valence-corrected chi connectivity index (χ4v) is 21.2. The molecule has 0 atom stereocenters. The zero-order valence-corrected chi connectivity index (χ0v) is 35.6.